The molecule has 2 aromatic rings. The molecule has 4 heteroatoms. The summed E-state index contributed by atoms with van der Waals surface area (Å²) in [5.41, 5.74) is 10.4. The van der Waals surface area contributed by atoms with Crippen LogP contribution in [0, 0.1) is 6.92 Å². The van der Waals surface area contributed by atoms with Crippen LogP contribution in [0.3, 0.4) is 0 Å². The molecule has 0 spiro atoms. The quantitative estimate of drug-likeness (QED) is 0.549. The smallest absolute Gasteiger partial charge is 0.0460 e. The molecule has 0 aliphatic carbocycles. The van der Waals surface area contributed by atoms with E-state index in [1.54, 1.807) is 11.9 Å². The van der Waals surface area contributed by atoms with Gasteiger partial charge in [0.25, 0.3) is 0 Å². The molecule has 0 bridgehead atoms. The van der Waals surface area contributed by atoms with E-state index in [2.05, 4.69) is 41.8 Å². The van der Waals surface area contributed by atoms with E-state index < -0.39 is 0 Å². The predicted molar refractivity (Wildman–Crippen MR) is 81.9 cm³/mol. The summed E-state index contributed by atoms with van der Waals surface area (Å²) in [7, 11) is 0. The van der Waals surface area contributed by atoms with E-state index in [0.717, 1.165) is 22.7 Å². The van der Waals surface area contributed by atoms with Crippen molar-refractivity contribution in [3.8, 4) is 0 Å². The Hall–Kier alpha value is -1.13. The lowest BCUT2D eigenvalue weighted by Crippen LogP contribution is -1.97. The highest BCUT2D eigenvalue weighted by atomic mass is 32.2. The number of benzene rings is 1. The Morgan fingerprint density at radius 2 is 2.22 bits per heavy atom. The molecule has 0 aliphatic heterocycles. The topological polar surface area (TPSA) is 53.8 Å². The number of H-pyrrole nitrogens is 1. The Bertz CT molecular complexity index is 519. The first-order valence-electron chi connectivity index (χ1n) is 6.45. The maximum absolute atomic E-state index is 5.72. The van der Waals surface area contributed by atoms with Gasteiger partial charge in [0.1, 0.15) is 0 Å². The van der Waals surface area contributed by atoms with Gasteiger partial charge in [0.05, 0.1) is 0 Å². The first kappa shape index (κ1) is 13.3. The van der Waals surface area contributed by atoms with E-state index in [1.807, 2.05) is 0 Å². The molecule has 3 nitrogen and oxygen atoms in total. The van der Waals surface area contributed by atoms with Gasteiger partial charge in [0.2, 0.25) is 0 Å². The van der Waals surface area contributed by atoms with Gasteiger partial charge in [-0.25, -0.2) is 0 Å². The lowest BCUT2D eigenvalue weighted by Gasteiger charge is -2.05. The number of nitrogens with two attached hydrogens (primary N) is 1. The Balaban J connectivity index is 2.13. The summed E-state index contributed by atoms with van der Waals surface area (Å²) < 4.78 is 3.40. The molecule has 1 aromatic heterocycles. The summed E-state index contributed by atoms with van der Waals surface area (Å²) in [5, 5.41) is 1.26. The summed E-state index contributed by atoms with van der Waals surface area (Å²) in [4.78, 5) is 3.36. The number of rotatable bonds is 6. The van der Waals surface area contributed by atoms with Crippen LogP contribution in [0.25, 0.3) is 10.9 Å². The lowest BCUT2D eigenvalue weighted by atomic mass is 10.1. The van der Waals surface area contributed by atoms with Gasteiger partial charge in [-0.2, -0.15) is 0 Å². The summed E-state index contributed by atoms with van der Waals surface area (Å²) in [6.45, 7) is 4.90. The summed E-state index contributed by atoms with van der Waals surface area (Å²) in [5.74, 6) is 1.15. The van der Waals surface area contributed by atoms with Crippen LogP contribution in [-0.2, 0) is 6.54 Å². The summed E-state index contributed by atoms with van der Waals surface area (Å²) in [6, 6.07) is 6.42. The normalized spacial score (nSPS) is 11.1. The Morgan fingerprint density at radius 1 is 1.39 bits per heavy atom. The van der Waals surface area contributed by atoms with Gasteiger partial charge in [-0.3, -0.25) is 0 Å². The van der Waals surface area contributed by atoms with Gasteiger partial charge in [0.15, 0.2) is 0 Å². The zero-order chi connectivity index (χ0) is 13.0. The minimum absolute atomic E-state index is 0.564. The van der Waals surface area contributed by atoms with Crippen molar-refractivity contribution >= 4 is 28.5 Å². The SMILES string of the molecule is CCCCSNc1ccc2[nH]c(CN)c(C)c2c1. The molecule has 0 aliphatic rings. The zero-order valence-corrected chi connectivity index (χ0v) is 11.9. The van der Waals surface area contributed by atoms with Crippen molar-refractivity contribution in [3.63, 3.8) is 0 Å². The lowest BCUT2D eigenvalue weighted by molar-refractivity contribution is 0.897. The number of hydrogen-bond donors (Lipinski definition) is 3. The van der Waals surface area contributed by atoms with Crippen LogP contribution in [0.4, 0.5) is 5.69 Å². The van der Waals surface area contributed by atoms with Gasteiger partial charge in [-0.1, -0.05) is 25.3 Å². The van der Waals surface area contributed by atoms with E-state index in [4.69, 9.17) is 5.73 Å². The molecule has 0 saturated heterocycles. The molecule has 18 heavy (non-hydrogen) atoms. The molecular weight excluding hydrogens is 242 g/mol. The van der Waals surface area contributed by atoms with Crippen molar-refractivity contribution in [3.05, 3.63) is 29.5 Å². The first-order valence-corrected chi connectivity index (χ1v) is 7.44. The number of fused-ring (bicyclic) bond motifs is 1. The van der Waals surface area contributed by atoms with Crippen LogP contribution in [-0.4, -0.2) is 10.7 Å². The third-order valence-electron chi connectivity index (χ3n) is 3.16. The maximum Gasteiger partial charge on any atom is 0.0460 e. The standard InChI is InChI=1S/C14H21N3S/c1-3-4-7-18-17-11-5-6-13-12(8-11)10(2)14(9-15)16-13/h5-6,8,16-17H,3-4,7,9,15H2,1-2H3. The van der Waals surface area contributed by atoms with Gasteiger partial charge >= 0.3 is 0 Å². The van der Waals surface area contributed by atoms with Crippen LogP contribution in [0.5, 0.6) is 0 Å². The minimum Gasteiger partial charge on any atom is -0.357 e. The second kappa shape index (κ2) is 6.16. The monoisotopic (exact) mass is 263 g/mol. The Morgan fingerprint density at radius 3 is 2.94 bits per heavy atom. The molecule has 2 rings (SSSR count). The molecular formula is C14H21N3S. The fourth-order valence-corrected chi connectivity index (χ4v) is 2.83. The minimum atomic E-state index is 0.564. The van der Waals surface area contributed by atoms with E-state index in [9.17, 15) is 0 Å². The molecule has 4 N–H and O–H groups in total. The van der Waals surface area contributed by atoms with Crippen LogP contribution >= 0.6 is 11.9 Å². The molecule has 0 unspecified atom stereocenters. The molecule has 1 heterocycles. The number of hydrogen-bond acceptors (Lipinski definition) is 3. The zero-order valence-electron chi connectivity index (χ0n) is 11.0. The van der Waals surface area contributed by atoms with Crippen LogP contribution in [0.1, 0.15) is 31.0 Å². The van der Waals surface area contributed by atoms with E-state index in [0.29, 0.717) is 6.54 Å². The second-order valence-electron chi connectivity index (χ2n) is 4.50. The van der Waals surface area contributed by atoms with Gasteiger partial charge < -0.3 is 15.4 Å². The summed E-state index contributed by atoms with van der Waals surface area (Å²) in [6.07, 6.45) is 2.49. The van der Waals surface area contributed by atoms with Crippen molar-refractivity contribution < 1.29 is 0 Å². The third-order valence-corrected chi connectivity index (χ3v) is 4.03. The van der Waals surface area contributed by atoms with Crippen LogP contribution < -0.4 is 10.5 Å². The molecule has 1 aromatic carbocycles. The molecule has 98 valence electrons. The molecule has 0 atom stereocenters. The van der Waals surface area contributed by atoms with Crippen molar-refractivity contribution in [2.45, 2.75) is 33.2 Å². The van der Waals surface area contributed by atoms with Crippen LogP contribution in [0.15, 0.2) is 18.2 Å². The predicted octanol–water partition coefficient (Wildman–Crippen LogP) is 3.80. The molecule has 0 saturated carbocycles. The highest BCUT2D eigenvalue weighted by Gasteiger charge is 2.06. The van der Waals surface area contributed by atoms with Crippen molar-refractivity contribution in [2.75, 3.05) is 10.5 Å². The number of unbranched alkanes of at least 4 members (excludes halogenated alkanes) is 1. The fraction of sp³-hybridized carbons (Fsp3) is 0.429. The Labute approximate surface area is 113 Å². The number of aromatic amines is 1. The second-order valence-corrected chi connectivity index (χ2v) is 5.40. The maximum atomic E-state index is 5.72. The van der Waals surface area contributed by atoms with E-state index in [-0.39, 0.29) is 0 Å². The van der Waals surface area contributed by atoms with Gasteiger partial charge in [-0.15, -0.1) is 0 Å². The van der Waals surface area contributed by atoms with Crippen LogP contribution in [0.2, 0.25) is 0 Å². The highest BCUT2D eigenvalue weighted by molar-refractivity contribution is 8.00. The number of anilines is 1. The van der Waals surface area contributed by atoms with Crippen molar-refractivity contribution in [1.82, 2.24) is 4.98 Å². The number of aromatic nitrogens is 1. The fourth-order valence-electron chi connectivity index (χ4n) is 2.00. The van der Waals surface area contributed by atoms with E-state index in [1.165, 1.54) is 23.8 Å². The number of aryl methyl sites for hydroxylation is 1. The largest absolute Gasteiger partial charge is 0.357 e. The molecule has 0 radical (unpaired) electrons. The average Bonchev–Trinajstić information content (AvgIpc) is 2.71. The third kappa shape index (κ3) is 2.82. The van der Waals surface area contributed by atoms with Crippen molar-refractivity contribution in [1.29, 1.82) is 0 Å². The van der Waals surface area contributed by atoms with Crippen molar-refractivity contribution in [2.24, 2.45) is 5.73 Å². The van der Waals surface area contributed by atoms with E-state index >= 15 is 0 Å². The Kier molecular flexibility index (Phi) is 4.55. The summed E-state index contributed by atoms with van der Waals surface area (Å²) >= 11 is 1.77. The number of nitrogens with one attached hydrogen (secondary N) is 2. The van der Waals surface area contributed by atoms with Gasteiger partial charge in [-0.05, 0) is 37.1 Å². The average molecular weight is 263 g/mol. The highest BCUT2D eigenvalue weighted by Crippen LogP contribution is 2.26. The molecule has 0 fully saturated rings. The molecule has 0 amide bonds. The van der Waals surface area contributed by atoms with Gasteiger partial charge in [0, 0.05) is 34.6 Å². The first-order chi connectivity index (χ1) is 8.76.